The molecule has 1 aromatic carbocycles. The summed E-state index contributed by atoms with van der Waals surface area (Å²) in [7, 11) is 0. The second-order valence-corrected chi connectivity index (χ2v) is 4.41. The number of para-hydroxylation sites is 2. The van der Waals surface area contributed by atoms with Gasteiger partial charge in [0.15, 0.2) is 5.92 Å². The zero-order chi connectivity index (χ0) is 14.9. The summed E-state index contributed by atoms with van der Waals surface area (Å²) in [5.74, 6) is -3.87. The molecular weight excluding hydrogens is 273 g/mol. The number of aromatic nitrogens is 2. The van der Waals surface area contributed by atoms with Gasteiger partial charge in [-0.25, -0.2) is 4.98 Å². The summed E-state index contributed by atoms with van der Waals surface area (Å²) in [6.07, 6.45) is -4.36. The molecule has 108 valence electrons. The van der Waals surface area contributed by atoms with Crippen LogP contribution in [0.3, 0.4) is 0 Å². The molecule has 0 fully saturated rings. The van der Waals surface area contributed by atoms with Crippen molar-refractivity contribution in [2.75, 3.05) is 0 Å². The van der Waals surface area contributed by atoms with E-state index in [1.165, 1.54) is 4.57 Å². The summed E-state index contributed by atoms with van der Waals surface area (Å²) in [5, 5.41) is 8.79. The van der Waals surface area contributed by atoms with E-state index in [9.17, 15) is 18.0 Å². The third-order valence-electron chi connectivity index (χ3n) is 3.11. The molecule has 0 aliphatic carbocycles. The molecule has 2 aromatic rings. The summed E-state index contributed by atoms with van der Waals surface area (Å²) in [5.41, 5.74) is 1.08. The lowest BCUT2D eigenvalue weighted by molar-refractivity contribution is -0.195. The number of aryl methyl sites for hydroxylation is 1. The molecule has 1 atom stereocenters. The SMILES string of the molecule is CCc1nc2ccccc2n1CC(C(=O)O)C(F)(F)F. The van der Waals surface area contributed by atoms with Gasteiger partial charge in [-0.2, -0.15) is 13.2 Å². The Labute approximate surface area is 112 Å². The van der Waals surface area contributed by atoms with Crippen LogP contribution in [0.15, 0.2) is 24.3 Å². The highest BCUT2D eigenvalue weighted by Gasteiger charge is 2.45. The molecule has 0 aliphatic rings. The molecule has 1 heterocycles. The largest absolute Gasteiger partial charge is 0.481 e. The van der Waals surface area contributed by atoms with Crippen molar-refractivity contribution in [3.05, 3.63) is 30.1 Å². The molecule has 0 saturated carbocycles. The standard InChI is InChI=1S/C13H13F3N2O2/c1-2-11-17-9-5-3-4-6-10(9)18(11)7-8(12(19)20)13(14,15)16/h3-6,8H,2,7H2,1H3,(H,19,20). The maximum Gasteiger partial charge on any atom is 0.403 e. The van der Waals surface area contributed by atoms with E-state index in [-0.39, 0.29) is 0 Å². The quantitative estimate of drug-likeness (QED) is 0.940. The fourth-order valence-electron chi connectivity index (χ4n) is 2.10. The lowest BCUT2D eigenvalue weighted by atomic mass is 10.1. The molecule has 1 unspecified atom stereocenters. The van der Waals surface area contributed by atoms with Crippen LogP contribution in [-0.4, -0.2) is 26.8 Å². The van der Waals surface area contributed by atoms with Crippen molar-refractivity contribution in [1.29, 1.82) is 0 Å². The number of aliphatic carboxylic acids is 1. The molecule has 4 nitrogen and oxygen atoms in total. The van der Waals surface area contributed by atoms with E-state index in [4.69, 9.17) is 5.11 Å². The molecule has 0 amide bonds. The Kier molecular flexibility index (Phi) is 3.69. The van der Waals surface area contributed by atoms with Gasteiger partial charge in [0.1, 0.15) is 5.82 Å². The number of carboxylic acids is 1. The molecule has 0 saturated heterocycles. The lowest BCUT2D eigenvalue weighted by Crippen LogP contribution is -2.34. The van der Waals surface area contributed by atoms with Crippen LogP contribution in [0.25, 0.3) is 11.0 Å². The number of rotatable bonds is 4. The number of fused-ring (bicyclic) bond motifs is 1. The number of carboxylic acid groups (broad SMARTS) is 1. The molecule has 1 aromatic heterocycles. The lowest BCUT2D eigenvalue weighted by Gasteiger charge is -2.18. The molecule has 0 radical (unpaired) electrons. The van der Waals surface area contributed by atoms with Crippen LogP contribution in [0.4, 0.5) is 13.2 Å². The predicted molar refractivity (Wildman–Crippen MR) is 66.3 cm³/mol. The van der Waals surface area contributed by atoms with Crippen molar-refractivity contribution in [3.8, 4) is 0 Å². The highest BCUT2D eigenvalue weighted by Crippen LogP contribution is 2.29. The second-order valence-electron chi connectivity index (χ2n) is 4.41. The van der Waals surface area contributed by atoms with Crippen molar-refractivity contribution in [2.45, 2.75) is 26.1 Å². The smallest absolute Gasteiger partial charge is 0.403 e. The number of alkyl halides is 3. The Morgan fingerprint density at radius 3 is 2.60 bits per heavy atom. The number of halogens is 3. The van der Waals surface area contributed by atoms with Gasteiger partial charge in [-0.3, -0.25) is 4.79 Å². The van der Waals surface area contributed by atoms with E-state index < -0.39 is 24.6 Å². The first kappa shape index (κ1) is 14.4. The Balaban J connectivity index is 2.49. The van der Waals surface area contributed by atoms with E-state index in [0.717, 1.165) is 0 Å². The minimum absolute atomic E-state index is 0.429. The number of imidazole rings is 1. The van der Waals surface area contributed by atoms with Gasteiger partial charge in [-0.05, 0) is 12.1 Å². The Bertz CT molecular complexity index is 634. The highest BCUT2D eigenvalue weighted by molar-refractivity contribution is 5.76. The topological polar surface area (TPSA) is 55.1 Å². The number of hydrogen-bond acceptors (Lipinski definition) is 2. The van der Waals surface area contributed by atoms with E-state index in [1.807, 2.05) is 0 Å². The van der Waals surface area contributed by atoms with Gasteiger partial charge in [-0.15, -0.1) is 0 Å². The van der Waals surface area contributed by atoms with Crippen LogP contribution in [0, 0.1) is 5.92 Å². The Morgan fingerprint density at radius 1 is 1.40 bits per heavy atom. The number of nitrogens with zero attached hydrogens (tertiary/aromatic N) is 2. The zero-order valence-corrected chi connectivity index (χ0v) is 10.7. The first-order valence-corrected chi connectivity index (χ1v) is 6.08. The average molecular weight is 286 g/mol. The van der Waals surface area contributed by atoms with Gasteiger partial charge >= 0.3 is 12.1 Å². The highest BCUT2D eigenvalue weighted by atomic mass is 19.4. The summed E-state index contributed by atoms with van der Waals surface area (Å²) in [6.45, 7) is 1.10. The van der Waals surface area contributed by atoms with E-state index >= 15 is 0 Å². The molecule has 20 heavy (non-hydrogen) atoms. The van der Waals surface area contributed by atoms with Gasteiger partial charge in [0.25, 0.3) is 0 Å². The van der Waals surface area contributed by atoms with Crippen LogP contribution in [-0.2, 0) is 17.8 Å². The van der Waals surface area contributed by atoms with Gasteiger partial charge in [0.2, 0.25) is 0 Å². The van der Waals surface area contributed by atoms with Gasteiger partial charge in [0, 0.05) is 13.0 Å². The molecule has 2 rings (SSSR count). The molecule has 0 aliphatic heterocycles. The van der Waals surface area contributed by atoms with Crippen LogP contribution >= 0.6 is 0 Å². The summed E-state index contributed by atoms with van der Waals surface area (Å²) in [4.78, 5) is 15.1. The van der Waals surface area contributed by atoms with Crippen molar-refractivity contribution >= 4 is 17.0 Å². The fraction of sp³-hybridized carbons (Fsp3) is 0.385. The maximum absolute atomic E-state index is 12.8. The van der Waals surface area contributed by atoms with E-state index in [2.05, 4.69) is 4.98 Å². The molecule has 0 bridgehead atoms. The van der Waals surface area contributed by atoms with Crippen LogP contribution in [0.1, 0.15) is 12.7 Å². The molecular formula is C13H13F3N2O2. The fourth-order valence-corrected chi connectivity index (χ4v) is 2.10. The van der Waals surface area contributed by atoms with E-state index in [0.29, 0.717) is 23.3 Å². The molecule has 1 N–H and O–H groups in total. The number of hydrogen-bond donors (Lipinski definition) is 1. The minimum atomic E-state index is -4.79. The third-order valence-corrected chi connectivity index (χ3v) is 3.11. The van der Waals surface area contributed by atoms with Gasteiger partial charge < -0.3 is 9.67 Å². The van der Waals surface area contributed by atoms with Crippen LogP contribution < -0.4 is 0 Å². The monoisotopic (exact) mass is 286 g/mol. The maximum atomic E-state index is 12.8. The predicted octanol–water partition coefficient (Wildman–Crippen LogP) is 2.86. The van der Waals surface area contributed by atoms with Crippen molar-refractivity contribution in [2.24, 2.45) is 5.92 Å². The first-order valence-electron chi connectivity index (χ1n) is 6.08. The van der Waals surface area contributed by atoms with Crippen molar-refractivity contribution in [1.82, 2.24) is 9.55 Å². The Morgan fingerprint density at radius 2 is 2.05 bits per heavy atom. The number of benzene rings is 1. The van der Waals surface area contributed by atoms with Crippen molar-refractivity contribution < 1.29 is 23.1 Å². The summed E-state index contributed by atoms with van der Waals surface area (Å²) >= 11 is 0. The van der Waals surface area contributed by atoms with E-state index in [1.54, 1.807) is 31.2 Å². The summed E-state index contributed by atoms with van der Waals surface area (Å²) in [6, 6.07) is 6.74. The normalized spacial score (nSPS) is 13.6. The average Bonchev–Trinajstić information content (AvgIpc) is 2.71. The van der Waals surface area contributed by atoms with Crippen molar-refractivity contribution in [3.63, 3.8) is 0 Å². The van der Waals surface area contributed by atoms with Crippen LogP contribution in [0.5, 0.6) is 0 Å². The molecule has 0 spiro atoms. The number of carbonyl (C=O) groups is 1. The Hall–Kier alpha value is -2.05. The van der Waals surface area contributed by atoms with Gasteiger partial charge in [0.05, 0.1) is 11.0 Å². The second kappa shape index (κ2) is 5.15. The molecule has 7 heteroatoms. The van der Waals surface area contributed by atoms with Crippen LogP contribution in [0.2, 0.25) is 0 Å². The first-order chi connectivity index (χ1) is 9.34. The third kappa shape index (κ3) is 2.61. The summed E-state index contributed by atoms with van der Waals surface area (Å²) < 4.78 is 39.7. The minimum Gasteiger partial charge on any atom is -0.481 e. The van der Waals surface area contributed by atoms with Gasteiger partial charge in [-0.1, -0.05) is 19.1 Å². The zero-order valence-electron chi connectivity index (χ0n) is 10.7.